The number of aromatic nitrogens is 3. The van der Waals surface area contributed by atoms with E-state index in [1.54, 1.807) is 23.3 Å². The molecule has 2 aromatic heterocycles. The Morgan fingerprint density at radius 1 is 1.43 bits per heavy atom. The quantitative estimate of drug-likeness (QED) is 0.766. The first kappa shape index (κ1) is 8.90. The van der Waals surface area contributed by atoms with Crippen LogP contribution in [0.25, 0.3) is 11.3 Å². The van der Waals surface area contributed by atoms with Crippen LogP contribution in [0.1, 0.15) is 5.56 Å². The number of pyridine rings is 1. The van der Waals surface area contributed by atoms with Gasteiger partial charge in [-0.2, -0.15) is 5.10 Å². The molecule has 0 aliphatic heterocycles. The predicted octanol–water partition coefficient (Wildman–Crippen LogP) is 0.974. The summed E-state index contributed by atoms with van der Waals surface area (Å²) in [5.41, 5.74) is 2.71. The molecule has 0 fully saturated rings. The highest BCUT2D eigenvalue weighted by Crippen LogP contribution is 2.21. The Bertz CT molecular complexity index is 422. The minimum atomic E-state index is -0.00192. The van der Waals surface area contributed by atoms with Crippen molar-refractivity contribution in [3.8, 4) is 11.3 Å². The standard InChI is InChI=1S/C10H11N3O/c1-13-10(9(7-14)6-12-13)8-3-2-4-11-5-8/h2-6,14H,7H2,1H3. The molecule has 0 saturated heterocycles. The Kier molecular flexibility index (Phi) is 2.28. The molecule has 2 rings (SSSR count). The zero-order valence-corrected chi connectivity index (χ0v) is 7.88. The van der Waals surface area contributed by atoms with Crippen LogP contribution in [0.15, 0.2) is 30.7 Å². The number of rotatable bonds is 2. The Labute approximate surface area is 81.8 Å². The van der Waals surface area contributed by atoms with Crippen molar-refractivity contribution in [3.05, 3.63) is 36.3 Å². The number of hydrogen-bond acceptors (Lipinski definition) is 3. The van der Waals surface area contributed by atoms with Gasteiger partial charge in [-0.25, -0.2) is 0 Å². The third-order valence-electron chi connectivity index (χ3n) is 2.12. The van der Waals surface area contributed by atoms with Gasteiger partial charge in [0.05, 0.1) is 18.5 Å². The molecule has 2 aromatic rings. The van der Waals surface area contributed by atoms with Gasteiger partial charge in [-0.15, -0.1) is 0 Å². The molecule has 4 nitrogen and oxygen atoms in total. The molecule has 2 heterocycles. The molecule has 72 valence electrons. The monoisotopic (exact) mass is 189 g/mol. The van der Waals surface area contributed by atoms with E-state index in [1.165, 1.54) is 0 Å². The number of aliphatic hydroxyl groups excluding tert-OH is 1. The summed E-state index contributed by atoms with van der Waals surface area (Å²) in [6.45, 7) is -0.00192. The molecule has 0 aliphatic rings. The highest BCUT2D eigenvalue weighted by Gasteiger charge is 2.09. The average Bonchev–Trinajstić information content (AvgIpc) is 2.61. The van der Waals surface area contributed by atoms with Gasteiger partial charge in [-0.1, -0.05) is 0 Å². The smallest absolute Gasteiger partial charge is 0.0749 e. The highest BCUT2D eigenvalue weighted by atomic mass is 16.3. The Morgan fingerprint density at radius 2 is 2.29 bits per heavy atom. The maximum Gasteiger partial charge on any atom is 0.0749 e. The molecule has 1 N–H and O–H groups in total. The fourth-order valence-electron chi connectivity index (χ4n) is 1.47. The summed E-state index contributed by atoms with van der Waals surface area (Å²) < 4.78 is 1.74. The van der Waals surface area contributed by atoms with Gasteiger partial charge in [0.1, 0.15) is 0 Å². The molecule has 0 amide bonds. The van der Waals surface area contributed by atoms with Crippen molar-refractivity contribution in [2.75, 3.05) is 0 Å². The van der Waals surface area contributed by atoms with Crippen LogP contribution in [0.4, 0.5) is 0 Å². The summed E-state index contributed by atoms with van der Waals surface area (Å²) in [6.07, 6.45) is 5.15. The molecule has 0 radical (unpaired) electrons. The fraction of sp³-hybridized carbons (Fsp3) is 0.200. The molecular formula is C10H11N3O. The topological polar surface area (TPSA) is 50.9 Å². The second-order valence-electron chi connectivity index (χ2n) is 3.04. The zero-order chi connectivity index (χ0) is 9.97. The van der Waals surface area contributed by atoms with E-state index in [0.29, 0.717) is 0 Å². The van der Waals surface area contributed by atoms with Crippen molar-refractivity contribution in [1.29, 1.82) is 0 Å². The predicted molar refractivity (Wildman–Crippen MR) is 52.4 cm³/mol. The van der Waals surface area contributed by atoms with Crippen LogP contribution in [0.2, 0.25) is 0 Å². The van der Waals surface area contributed by atoms with Crippen LogP contribution in [0.5, 0.6) is 0 Å². The van der Waals surface area contributed by atoms with E-state index < -0.39 is 0 Å². The first-order chi connectivity index (χ1) is 6.83. The lowest BCUT2D eigenvalue weighted by Gasteiger charge is -2.03. The molecule has 4 heteroatoms. The largest absolute Gasteiger partial charge is 0.392 e. The lowest BCUT2D eigenvalue weighted by atomic mass is 10.1. The van der Waals surface area contributed by atoms with Crippen LogP contribution < -0.4 is 0 Å². The lowest BCUT2D eigenvalue weighted by Crippen LogP contribution is -1.95. The van der Waals surface area contributed by atoms with Crippen molar-refractivity contribution in [3.63, 3.8) is 0 Å². The van der Waals surface area contributed by atoms with E-state index >= 15 is 0 Å². The van der Waals surface area contributed by atoms with Crippen molar-refractivity contribution in [2.24, 2.45) is 7.05 Å². The SMILES string of the molecule is Cn1ncc(CO)c1-c1cccnc1. The summed E-state index contributed by atoms with van der Waals surface area (Å²) >= 11 is 0. The summed E-state index contributed by atoms with van der Waals surface area (Å²) in [6, 6.07) is 3.81. The molecule has 0 spiro atoms. The van der Waals surface area contributed by atoms with E-state index in [0.717, 1.165) is 16.8 Å². The summed E-state index contributed by atoms with van der Waals surface area (Å²) in [4.78, 5) is 4.03. The zero-order valence-electron chi connectivity index (χ0n) is 7.88. The van der Waals surface area contributed by atoms with Gasteiger partial charge in [0.15, 0.2) is 0 Å². The van der Waals surface area contributed by atoms with Gasteiger partial charge < -0.3 is 5.11 Å². The van der Waals surface area contributed by atoms with Gasteiger partial charge in [0.25, 0.3) is 0 Å². The van der Waals surface area contributed by atoms with Crippen LogP contribution in [0, 0.1) is 0 Å². The minimum Gasteiger partial charge on any atom is -0.392 e. The summed E-state index contributed by atoms with van der Waals surface area (Å²) in [5, 5.41) is 13.2. The van der Waals surface area contributed by atoms with Crippen LogP contribution in [0.3, 0.4) is 0 Å². The van der Waals surface area contributed by atoms with Crippen molar-refractivity contribution in [1.82, 2.24) is 14.8 Å². The Balaban J connectivity index is 2.55. The number of nitrogens with zero attached hydrogens (tertiary/aromatic N) is 3. The molecule has 0 saturated carbocycles. The molecule has 14 heavy (non-hydrogen) atoms. The Morgan fingerprint density at radius 3 is 2.93 bits per heavy atom. The molecular weight excluding hydrogens is 178 g/mol. The third-order valence-corrected chi connectivity index (χ3v) is 2.12. The maximum absolute atomic E-state index is 9.12. The highest BCUT2D eigenvalue weighted by molar-refractivity contribution is 5.61. The number of aryl methyl sites for hydroxylation is 1. The third kappa shape index (κ3) is 1.40. The van der Waals surface area contributed by atoms with Crippen molar-refractivity contribution < 1.29 is 5.11 Å². The molecule has 0 bridgehead atoms. The minimum absolute atomic E-state index is 0.00192. The average molecular weight is 189 g/mol. The second kappa shape index (κ2) is 3.59. The van der Waals surface area contributed by atoms with Gasteiger partial charge in [-0.3, -0.25) is 9.67 Å². The van der Waals surface area contributed by atoms with E-state index in [-0.39, 0.29) is 6.61 Å². The van der Waals surface area contributed by atoms with Crippen LogP contribution in [-0.4, -0.2) is 19.9 Å². The lowest BCUT2D eigenvalue weighted by molar-refractivity contribution is 0.282. The van der Waals surface area contributed by atoms with Gasteiger partial charge in [0.2, 0.25) is 0 Å². The Hall–Kier alpha value is -1.68. The van der Waals surface area contributed by atoms with Gasteiger partial charge in [-0.05, 0) is 12.1 Å². The van der Waals surface area contributed by atoms with Crippen molar-refractivity contribution >= 4 is 0 Å². The van der Waals surface area contributed by atoms with Gasteiger partial charge in [0, 0.05) is 30.6 Å². The van der Waals surface area contributed by atoms with Crippen LogP contribution in [-0.2, 0) is 13.7 Å². The second-order valence-corrected chi connectivity index (χ2v) is 3.04. The van der Waals surface area contributed by atoms with E-state index in [4.69, 9.17) is 5.11 Å². The summed E-state index contributed by atoms with van der Waals surface area (Å²) in [7, 11) is 1.85. The maximum atomic E-state index is 9.12. The molecule has 0 aliphatic carbocycles. The van der Waals surface area contributed by atoms with Gasteiger partial charge >= 0.3 is 0 Å². The molecule has 0 unspecified atom stereocenters. The first-order valence-electron chi connectivity index (χ1n) is 4.35. The van der Waals surface area contributed by atoms with E-state index in [1.807, 2.05) is 19.2 Å². The molecule has 0 aromatic carbocycles. The molecule has 0 atom stereocenters. The normalized spacial score (nSPS) is 10.4. The number of aliphatic hydroxyl groups is 1. The number of hydrogen-bond donors (Lipinski definition) is 1. The fourth-order valence-corrected chi connectivity index (χ4v) is 1.47. The van der Waals surface area contributed by atoms with E-state index in [2.05, 4.69) is 10.1 Å². The van der Waals surface area contributed by atoms with Crippen molar-refractivity contribution in [2.45, 2.75) is 6.61 Å². The van der Waals surface area contributed by atoms with E-state index in [9.17, 15) is 0 Å². The first-order valence-corrected chi connectivity index (χ1v) is 4.35. The van der Waals surface area contributed by atoms with Crippen LogP contribution >= 0.6 is 0 Å². The summed E-state index contributed by atoms with van der Waals surface area (Å²) in [5.74, 6) is 0.